The molecule has 0 aliphatic rings. The van der Waals surface area contributed by atoms with Gasteiger partial charge in [-0.2, -0.15) is 0 Å². The van der Waals surface area contributed by atoms with Crippen LogP contribution >= 0.6 is 0 Å². The highest BCUT2D eigenvalue weighted by Crippen LogP contribution is 2.05. The molecule has 12 heavy (non-hydrogen) atoms. The van der Waals surface area contributed by atoms with Gasteiger partial charge in [-0.1, -0.05) is 0 Å². The van der Waals surface area contributed by atoms with Crippen LogP contribution in [0.2, 0.25) is 0 Å². The largest absolute Gasteiger partial charge is 0.464 e. The van der Waals surface area contributed by atoms with Crippen molar-refractivity contribution in [1.29, 1.82) is 0 Å². The van der Waals surface area contributed by atoms with Gasteiger partial charge in [0.05, 0.1) is 12.9 Å². The highest BCUT2D eigenvalue weighted by molar-refractivity contribution is 5.73. The van der Waals surface area contributed by atoms with E-state index in [1.807, 2.05) is 0 Å². The van der Waals surface area contributed by atoms with E-state index in [9.17, 15) is 4.79 Å². The molecule has 1 rings (SSSR count). The van der Waals surface area contributed by atoms with Crippen LogP contribution in [0.3, 0.4) is 0 Å². The van der Waals surface area contributed by atoms with E-state index < -0.39 is 0 Å². The minimum Gasteiger partial charge on any atom is -0.464 e. The Morgan fingerprint density at radius 2 is 2.50 bits per heavy atom. The first-order valence-electron chi connectivity index (χ1n) is 3.89. The second-order valence-electron chi connectivity index (χ2n) is 2.44. The van der Waals surface area contributed by atoms with Crippen LogP contribution in [0.5, 0.6) is 0 Å². The Kier molecular flexibility index (Phi) is 2.85. The molecule has 66 valence electrons. The van der Waals surface area contributed by atoms with Crippen LogP contribution in [0, 0.1) is 0 Å². The minimum absolute atomic E-state index is 0.226. The van der Waals surface area contributed by atoms with E-state index in [4.69, 9.17) is 4.74 Å². The van der Waals surface area contributed by atoms with Crippen molar-refractivity contribution in [2.24, 2.45) is 0 Å². The van der Waals surface area contributed by atoms with Gasteiger partial charge in [0.2, 0.25) is 0 Å². The molecule has 1 aromatic heterocycles. The molecule has 1 heterocycles. The summed E-state index contributed by atoms with van der Waals surface area (Å²) in [6, 6.07) is -0.285. The lowest BCUT2D eigenvalue weighted by Gasteiger charge is -2.10. The number of hydrogen-bond donors (Lipinski definition) is 0. The predicted molar refractivity (Wildman–Crippen MR) is 43.6 cm³/mol. The van der Waals surface area contributed by atoms with Crippen LogP contribution in [0.25, 0.3) is 0 Å². The van der Waals surface area contributed by atoms with Crippen molar-refractivity contribution < 1.29 is 9.53 Å². The van der Waals surface area contributed by atoms with Crippen LogP contribution in [0.4, 0.5) is 0 Å². The molecule has 0 saturated heterocycles. The van der Waals surface area contributed by atoms with Gasteiger partial charge in [-0.05, 0) is 13.8 Å². The second-order valence-corrected chi connectivity index (χ2v) is 2.44. The molecule has 0 saturated carbocycles. The molecular formula is C8H12N2O2. The molecule has 0 N–H and O–H groups in total. The van der Waals surface area contributed by atoms with Gasteiger partial charge >= 0.3 is 5.97 Å². The van der Waals surface area contributed by atoms with Crippen molar-refractivity contribution in [1.82, 2.24) is 9.55 Å². The molecule has 0 unspecified atom stereocenters. The zero-order chi connectivity index (χ0) is 8.97. The van der Waals surface area contributed by atoms with Gasteiger partial charge in [0.25, 0.3) is 0 Å². The normalized spacial score (nSPS) is 12.5. The van der Waals surface area contributed by atoms with Crippen LogP contribution in [0.15, 0.2) is 18.7 Å². The summed E-state index contributed by atoms with van der Waals surface area (Å²) in [5.74, 6) is -0.226. The van der Waals surface area contributed by atoms with Gasteiger partial charge in [0, 0.05) is 12.4 Å². The first kappa shape index (κ1) is 8.77. The van der Waals surface area contributed by atoms with Crippen molar-refractivity contribution in [3.05, 3.63) is 18.7 Å². The first-order chi connectivity index (χ1) is 5.75. The number of carbonyl (C=O) groups excluding carboxylic acids is 1. The quantitative estimate of drug-likeness (QED) is 0.632. The number of hydrogen-bond acceptors (Lipinski definition) is 3. The summed E-state index contributed by atoms with van der Waals surface area (Å²) in [5.41, 5.74) is 0. The monoisotopic (exact) mass is 168 g/mol. The molecule has 1 aromatic rings. The van der Waals surface area contributed by atoms with Gasteiger partial charge in [-0.25, -0.2) is 9.78 Å². The van der Waals surface area contributed by atoms with E-state index in [-0.39, 0.29) is 12.0 Å². The van der Waals surface area contributed by atoms with E-state index in [1.54, 1.807) is 37.1 Å². The molecule has 0 aromatic carbocycles. The summed E-state index contributed by atoms with van der Waals surface area (Å²) in [6.45, 7) is 3.98. The third kappa shape index (κ3) is 1.84. The molecule has 0 fully saturated rings. The van der Waals surface area contributed by atoms with Crippen LogP contribution in [-0.2, 0) is 9.53 Å². The molecule has 0 aliphatic carbocycles. The Labute approximate surface area is 71.2 Å². The Balaban J connectivity index is 2.59. The van der Waals surface area contributed by atoms with E-state index in [1.165, 1.54) is 0 Å². The lowest BCUT2D eigenvalue weighted by Crippen LogP contribution is -2.17. The maximum absolute atomic E-state index is 11.2. The summed E-state index contributed by atoms with van der Waals surface area (Å²) >= 11 is 0. The highest BCUT2D eigenvalue weighted by Gasteiger charge is 2.14. The second kappa shape index (κ2) is 3.90. The summed E-state index contributed by atoms with van der Waals surface area (Å²) in [7, 11) is 0. The third-order valence-corrected chi connectivity index (χ3v) is 1.60. The number of ether oxygens (including phenoxy) is 1. The van der Waals surface area contributed by atoms with Crippen molar-refractivity contribution in [2.45, 2.75) is 19.9 Å². The average Bonchev–Trinajstić information content (AvgIpc) is 2.55. The number of nitrogens with zero attached hydrogens (tertiary/aromatic N) is 2. The lowest BCUT2D eigenvalue weighted by atomic mass is 10.3. The molecule has 0 radical (unpaired) electrons. The molecule has 4 nitrogen and oxygen atoms in total. The fourth-order valence-corrected chi connectivity index (χ4v) is 0.883. The average molecular weight is 168 g/mol. The van der Waals surface area contributed by atoms with E-state index >= 15 is 0 Å². The molecule has 0 amide bonds. The van der Waals surface area contributed by atoms with Gasteiger partial charge in [0.15, 0.2) is 0 Å². The first-order valence-corrected chi connectivity index (χ1v) is 3.89. The maximum atomic E-state index is 11.2. The van der Waals surface area contributed by atoms with Crippen molar-refractivity contribution in [2.75, 3.05) is 6.61 Å². The molecule has 0 aliphatic heterocycles. The van der Waals surface area contributed by atoms with Crippen LogP contribution < -0.4 is 0 Å². The fourth-order valence-electron chi connectivity index (χ4n) is 0.883. The Morgan fingerprint density at radius 1 is 1.75 bits per heavy atom. The van der Waals surface area contributed by atoms with Crippen LogP contribution in [0.1, 0.15) is 19.9 Å². The zero-order valence-electron chi connectivity index (χ0n) is 7.23. The summed E-state index contributed by atoms with van der Waals surface area (Å²) in [6.07, 6.45) is 4.97. The maximum Gasteiger partial charge on any atom is 0.328 e. The van der Waals surface area contributed by atoms with E-state index in [0.29, 0.717) is 6.61 Å². The van der Waals surface area contributed by atoms with E-state index in [2.05, 4.69) is 4.98 Å². The SMILES string of the molecule is CCOC(=O)[C@@H](C)n1ccnc1. The van der Waals surface area contributed by atoms with Gasteiger partial charge in [-0.3, -0.25) is 0 Å². The summed E-state index contributed by atoms with van der Waals surface area (Å²) < 4.78 is 6.55. The predicted octanol–water partition coefficient (Wildman–Crippen LogP) is 1.01. The Bertz CT molecular complexity index is 244. The van der Waals surface area contributed by atoms with Crippen LogP contribution in [-0.4, -0.2) is 22.1 Å². The molecular weight excluding hydrogens is 156 g/mol. The standard InChI is InChI=1S/C8H12N2O2/c1-3-12-8(11)7(2)10-5-4-9-6-10/h4-7H,3H2,1-2H3/t7-/m1/s1. The molecule has 1 atom stereocenters. The summed E-state index contributed by atoms with van der Waals surface area (Å²) in [4.78, 5) is 15.0. The van der Waals surface area contributed by atoms with Gasteiger partial charge < -0.3 is 9.30 Å². The number of esters is 1. The fraction of sp³-hybridized carbons (Fsp3) is 0.500. The Morgan fingerprint density at radius 3 is 3.00 bits per heavy atom. The minimum atomic E-state index is -0.285. The number of aromatic nitrogens is 2. The number of carbonyl (C=O) groups is 1. The lowest BCUT2D eigenvalue weighted by molar-refractivity contribution is -0.146. The highest BCUT2D eigenvalue weighted by atomic mass is 16.5. The van der Waals surface area contributed by atoms with Crippen molar-refractivity contribution in [3.63, 3.8) is 0 Å². The third-order valence-electron chi connectivity index (χ3n) is 1.60. The van der Waals surface area contributed by atoms with E-state index in [0.717, 1.165) is 0 Å². The molecule has 4 heteroatoms. The van der Waals surface area contributed by atoms with Gasteiger partial charge in [0.1, 0.15) is 6.04 Å². The number of imidazole rings is 1. The molecule has 0 bridgehead atoms. The van der Waals surface area contributed by atoms with Gasteiger partial charge in [-0.15, -0.1) is 0 Å². The molecule has 0 spiro atoms. The van der Waals surface area contributed by atoms with Crippen molar-refractivity contribution in [3.8, 4) is 0 Å². The summed E-state index contributed by atoms with van der Waals surface area (Å²) in [5, 5.41) is 0. The topological polar surface area (TPSA) is 44.1 Å². The Hall–Kier alpha value is -1.32. The number of rotatable bonds is 3. The smallest absolute Gasteiger partial charge is 0.328 e. The zero-order valence-corrected chi connectivity index (χ0v) is 7.23. The van der Waals surface area contributed by atoms with Crippen molar-refractivity contribution >= 4 is 5.97 Å².